The van der Waals surface area contributed by atoms with E-state index in [4.69, 9.17) is 4.99 Å². The lowest BCUT2D eigenvalue weighted by Crippen LogP contribution is -2.40. The largest absolute Gasteiger partial charge is 0.396 e. The summed E-state index contributed by atoms with van der Waals surface area (Å²) in [5.74, 6) is 1.93. The molecule has 0 radical (unpaired) electrons. The topological polar surface area (TPSA) is 74.5 Å². The van der Waals surface area contributed by atoms with E-state index in [1.807, 2.05) is 11.7 Å². The number of rotatable bonds is 11. The van der Waals surface area contributed by atoms with Crippen LogP contribution in [0.4, 0.5) is 0 Å². The van der Waals surface area contributed by atoms with Gasteiger partial charge in [0.15, 0.2) is 5.96 Å². The van der Waals surface area contributed by atoms with Crippen LogP contribution in [-0.2, 0) is 26.4 Å². The number of nitrogens with one attached hydrogen (secondary N) is 2. The Bertz CT molecular complexity index is 551. The minimum Gasteiger partial charge on any atom is -0.396 e. The second-order valence-corrected chi connectivity index (χ2v) is 7.29. The molecule has 1 heterocycles. The Kier molecular flexibility index (Phi) is 10.3. The Morgan fingerprint density at radius 2 is 1.92 bits per heavy atom. The van der Waals surface area contributed by atoms with Crippen molar-refractivity contribution in [1.29, 1.82) is 0 Å². The van der Waals surface area contributed by atoms with E-state index in [9.17, 15) is 5.11 Å². The maximum absolute atomic E-state index is 9.30. The minimum absolute atomic E-state index is 0.238. The Hall–Kier alpha value is -1.56. The van der Waals surface area contributed by atoms with E-state index >= 15 is 0 Å². The second kappa shape index (κ2) is 11.9. The van der Waals surface area contributed by atoms with Crippen LogP contribution < -0.4 is 10.6 Å². The molecule has 0 aliphatic rings. The lowest BCUT2D eigenvalue weighted by atomic mass is 9.94. The molecule has 0 bridgehead atoms. The molecule has 6 heteroatoms. The van der Waals surface area contributed by atoms with Crippen molar-refractivity contribution in [1.82, 2.24) is 20.4 Å². The third-order valence-corrected chi connectivity index (χ3v) is 4.67. The normalized spacial score (nSPS) is 13.3. The first-order chi connectivity index (χ1) is 12.5. The van der Waals surface area contributed by atoms with Gasteiger partial charge >= 0.3 is 0 Å². The van der Waals surface area contributed by atoms with Crippen LogP contribution in [-0.4, -0.2) is 40.5 Å². The van der Waals surface area contributed by atoms with E-state index in [0.29, 0.717) is 18.4 Å². The van der Waals surface area contributed by atoms with Gasteiger partial charge < -0.3 is 15.7 Å². The zero-order valence-corrected chi connectivity index (χ0v) is 17.6. The molecule has 6 nitrogen and oxygen atoms in total. The molecule has 150 valence electrons. The van der Waals surface area contributed by atoms with Crippen LogP contribution in [0.1, 0.15) is 64.4 Å². The van der Waals surface area contributed by atoms with Crippen LogP contribution >= 0.6 is 0 Å². The molecule has 0 fully saturated rings. The predicted octanol–water partition coefficient (Wildman–Crippen LogP) is 2.64. The number of guanidine groups is 1. The number of aliphatic hydroxyl groups excluding tert-OH is 1. The molecule has 0 aliphatic carbocycles. The molecule has 0 saturated heterocycles. The van der Waals surface area contributed by atoms with Gasteiger partial charge in [-0.1, -0.05) is 27.7 Å². The van der Waals surface area contributed by atoms with Gasteiger partial charge in [0.2, 0.25) is 0 Å². The Morgan fingerprint density at radius 1 is 1.19 bits per heavy atom. The number of aromatic nitrogens is 2. The molecule has 1 aromatic rings. The van der Waals surface area contributed by atoms with Crippen molar-refractivity contribution in [2.45, 2.75) is 66.8 Å². The lowest BCUT2D eigenvalue weighted by Gasteiger charge is -2.20. The summed E-state index contributed by atoms with van der Waals surface area (Å²) in [6.07, 6.45) is 3.82. The van der Waals surface area contributed by atoms with Crippen LogP contribution in [0.3, 0.4) is 0 Å². The highest BCUT2D eigenvalue weighted by molar-refractivity contribution is 5.79. The summed E-state index contributed by atoms with van der Waals surface area (Å²) in [5.41, 5.74) is 3.66. The van der Waals surface area contributed by atoms with Gasteiger partial charge in [-0.05, 0) is 44.4 Å². The van der Waals surface area contributed by atoms with Crippen molar-refractivity contribution in [2.75, 3.05) is 19.7 Å². The second-order valence-electron chi connectivity index (χ2n) is 7.29. The van der Waals surface area contributed by atoms with Crippen LogP contribution in [0.15, 0.2) is 4.99 Å². The summed E-state index contributed by atoms with van der Waals surface area (Å²) in [6.45, 7) is 13.4. The van der Waals surface area contributed by atoms with Crippen molar-refractivity contribution in [3.63, 3.8) is 0 Å². The summed E-state index contributed by atoms with van der Waals surface area (Å²) in [6, 6.07) is 0. The average Bonchev–Trinajstić information content (AvgIpc) is 2.91. The van der Waals surface area contributed by atoms with E-state index in [0.717, 1.165) is 50.4 Å². The third-order valence-electron chi connectivity index (χ3n) is 4.67. The molecule has 0 aliphatic heterocycles. The van der Waals surface area contributed by atoms with Gasteiger partial charge in [0.05, 0.1) is 12.2 Å². The third kappa shape index (κ3) is 6.98. The smallest absolute Gasteiger partial charge is 0.191 e. The van der Waals surface area contributed by atoms with Gasteiger partial charge in [0.25, 0.3) is 0 Å². The Labute approximate surface area is 159 Å². The lowest BCUT2D eigenvalue weighted by molar-refractivity contribution is 0.243. The number of aliphatic hydroxyl groups is 1. The summed E-state index contributed by atoms with van der Waals surface area (Å²) in [4.78, 5) is 4.80. The van der Waals surface area contributed by atoms with Gasteiger partial charge in [-0.3, -0.25) is 4.68 Å². The van der Waals surface area contributed by atoms with E-state index in [2.05, 4.69) is 50.4 Å². The molecule has 0 aromatic carbocycles. The molecule has 0 spiro atoms. The monoisotopic (exact) mass is 365 g/mol. The first-order valence-electron chi connectivity index (χ1n) is 10.1. The summed E-state index contributed by atoms with van der Waals surface area (Å²) < 4.78 is 1.99. The van der Waals surface area contributed by atoms with E-state index in [1.165, 1.54) is 11.3 Å². The highest BCUT2D eigenvalue weighted by Crippen LogP contribution is 2.17. The van der Waals surface area contributed by atoms with Crippen molar-refractivity contribution in [2.24, 2.45) is 23.9 Å². The molecule has 1 aromatic heterocycles. The first-order valence-corrected chi connectivity index (χ1v) is 10.1. The number of nitrogens with zero attached hydrogens (tertiary/aromatic N) is 3. The highest BCUT2D eigenvalue weighted by Gasteiger charge is 2.14. The maximum atomic E-state index is 9.30. The van der Waals surface area contributed by atoms with E-state index in [-0.39, 0.29) is 6.61 Å². The predicted molar refractivity (Wildman–Crippen MR) is 109 cm³/mol. The number of hydrogen-bond acceptors (Lipinski definition) is 3. The quantitative estimate of drug-likeness (QED) is 0.416. The number of aliphatic imine (C=N–C) groups is 1. The molecule has 26 heavy (non-hydrogen) atoms. The van der Waals surface area contributed by atoms with Crippen LogP contribution in [0.25, 0.3) is 0 Å². The highest BCUT2D eigenvalue weighted by atomic mass is 16.3. The van der Waals surface area contributed by atoms with Gasteiger partial charge in [0.1, 0.15) is 0 Å². The van der Waals surface area contributed by atoms with Gasteiger partial charge in [-0.25, -0.2) is 4.99 Å². The standard InChI is InChI=1S/C20H39N5O/c1-7-18-17(19(8-2)25(6)24-18)14-23-20(21-9-3)22-13-16(10-11-26)12-15(4)5/h15-16,26H,7-14H2,1-6H3,(H2,21,22,23). The van der Waals surface area contributed by atoms with Crippen molar-refractivity contribution < 1.29 is 5.11 Å². The van der Waals surface area contributed by atoms with Crippen LogP contribution in [0, 0.1) is 11.8 Å². The number of hydrogen-bond donors (Lipinski definition) is 3. The number of aryl methyl sites for hydroxylation is 2. The molecule has 0 saturated carbocycles. The molecular formula is C20H39N5O. The zero-order chi connectivity index (χ0) is 19.5. The molecule has 1 unspecified atom stereocenters. The van der Waals surface area contributed by atoms with Gasteiger partial charge in [-0.2, -0.15) is 5.10 Å². The van der Waals surface area contributed by atoms with Crippen molar-refractivity contribution in [3.8, 4) is 0 Å². The van der Waals surface area contributed by atoms with Crippen molar-refractivity contribution >= 4 is 5.96 Å². The average molecular weight is 366 g/mol. The fourth-order valence-corrected chi connectivity index (χ4v) is 3.47. The molecule has 1 atom stereocenters. The fourth-order valence-electron chi connectivity index (χ4n) is 3.47. The summed E-state index contributed by atoms with van der Waals surface area (Å²) in [7, 11) is 2.01. The fraction of sp³-hybridized carbons (Fsp3) is 0.800. The Morgan fingerprint density at radius 3 is 2.46 bits per heavy atom. The van der Waals surface area contributed by atoms with Crippen LogP contribution in [0.2, 0.25) is 0 Å². The maximum Gasteiger partial charge on any atom is 0.191 e. The van der Waals surface area contributed by atoms with Gasteiger partial charge in [0, 0.05) is 38.0 Å². The molecular weight excluding hydrogens is 326 g/mol. The summed E-state index contributed by atoms with van der Waals surface area (Å²) in [5, 5.41) is 20.7. The molecule has 0 amide bonds. The van der Waals surface area contributed by atoms with Crippen LogP contribution in [0.5, 0.6) is 0 Å². The van der Waals surface area contributed by atoms with E-state index < -0.39 is 0 Å². The SMILES string of the molecule is CCNC(=NCc1c(CC)nn(C)c1CC)NCC(CCO)CC(C)C. The molecule has 3 N–H and O–H groups in total. The summed E-state index contributed by atoms with van der Waals surface area (Å²) >= 11 is 0. The van der Waals surface area contributed by atoms with Gasteiger partial charge in [-0.15, -0.1) is 0 Å². The molecule has 1 rings (SSSR count). The first kappa shape index (κ1) is 22.5. The van der Waals surface area contributed by atoms with E-state index in [1.54, 1.807) is 0 Å². The van der Waals surface area contributed by atoms with Crippen molar-refractivity contribution in [3.05, 3.63) is 17.0 Å². The zero-order valence-electron chi connectivity index (χ0n) is 17.6. The Balaban J connectivity index is 2.83. The minimum atomic E-state index is 0.238.